The number of fused-ring (bicyclic) bond motifs is 1. The number of thioether (sulfide) groups is 1. The number of amides is 2. The molecule has 40 heavy (non-hydrogen) atoms. The lowest BCUT2D eigenvalue weighted by atomic mass is 9.71. The standard InChI is InChI=1S/C31H41BrN2O5S/c1-5-7-11-15-39-30(38)24-25-28(36)34(22(19-35)16-20(3)4)27(31(25)17-23(32)26(24)40-31)29(37)33(14-6-2)18-21-12-9-8-10-13-21/h5-6,8-10,12-13,20,22-27,35H,1-2,7,11,14-19H2,3-4H3/t22-,23?,24+,25+,26+,27?,31?/m1/s1. The average Bonchev–Trinajstić information content (AvgIpc) is 3.53. The number of ether oxygens (including phenoxy) is 1. The van der Waals surface area contributed by atoms with Crippen molar-refractivity contribution in [2.24, 2.45) is 17.8 Å². The zero-order chi connectivity index (χ0) is 29.0. The van der Waals surface area contributed by atoms with Gasteiger partial charge in [-0.05, 0) is 37.2 Å². The van der Waals surface area contributed by atoms with Gasteiger partial charge in [-0.15, -0.1) is 24.9 Å². The number of unbranched alkanes of at least 4 members (excludes halogenated alkanes) is 1. The lowest BCUT2D eigenvalue weighted by Gasteiger charge is -2.40. The summed E-state index contributed by atoms with van der Waals surface area (Å²) in [5.74, 6) is -1.91. The molecule has 7 nitrogen and oxygen atoms in total. The minimum atomic E-state index is -0.807. The van der Waals surface area contributed by atoms with Gasteiger partial charge in [-0.3, -0.25) is 14.4 Å². The summed E-state index contributed by atoms with van der Waals surface area (Å²) in [6.45, 7) is 12.4. The van der Waals surface area contributed by atoms with Crippen LogP contribution in [0.1, 0.15) is 45.1 Å². The molecule has 7 atom stereocenters. The highest BCUT2D eigenvalue weighted by molar-refractivity contribution is 9.09. The topological polar surface area (TPSA) is 87.1 Å². The fraction of sp³-hybridized carbons (Fsp3) is 0.581. The number of rotatable bonds is 14. The van der Waals surface area contributed by atoms with E-state index in [2.05, 4.69) is 29.1 Å². The Bertz CT molecular complexity index is 1100. The highest BCUT2D eigenvalue weighted by Gasteiger charge is 2.76. The van der Waals surface area contributed by atoms with E-state index in [1.165, 1.54) is 0 Å². The van der Waals surface area contributed by atoms with Crippen LogP contribution in [0.25, 0.3) is 0 Å². The number of alkyl halides is 1. The van der Waals surface area contributed by atoms with Crippen LogP contribution in [0.4, 0.5) is 0 Å². The maximum Gasteiger partial charge on any atom is 0.310 e. The molecule has 2 bridgehead atoms. The predicted octanol–water partition coefficient (Wildman–Crippen LogP) is 4.58. The Labute approximate surface area is 250 Å². The van der Waals surface area contributed by atoms with Gasteiger partial charge in [-0.25, -0.2) is 0 Å². The van der Waals surface area contributed by atoms with Crippen molar-refractivity contribution in [2.45, 2.75) is 73.0 Å². The van der Waals surface area contributed by atoms with Crippen LogP contribution in [0.3, 0.4) is 0 Å². The van der Waals surface area contributed by atoms with Crippen molar-refractivity contribution in [1.29, 1.82) is 0 Å². The lowest BCUT2D eigenvalue weighted by Crippen LogP contribution is -2.57. The first-order chi connectivity index (χ1) is 19.2. The van der Waals surface area contributed by atoms with Gasteiger partial charge >= 0.3 is 5.97 Å². The van der Waals surface area contributed by atoms with Crippen LogP contribution in [0.15, 0.2) is 55.6 Å². The van der Waals surface area contributed by atoms with Gasteiger partial charge < -0.3 is 19.6 Å². The minimum Gasteiger partial charge on any atom is -0.465 e. The number of esters is 1. The molecule has 3 aliphatic heterocycles. The maximum absolute atomic E-state index is 14.6. The van der Waals surface area contributed by atoms with Gasteiger partial charge in [0.05, 0.1) is 35.8 Å². The molecule has 3 heterocycles. The molecule has 0 saturated carbocycles. The summed E-state index contributed by atoms with van der Waals surface area (Å²) in [7, 11) is 0. The Morgan fingerprint density at radius 1 is 1.27 bits per heavy atom. The number of aliphatic hydroxyl groups is 1. The molecule has 218 valence electrons. The van der Waals surface area contributed by atoms with Crippen molar-refractivity contribution in [1.82, 2.24) is 9.80 Å². The Balaban J connectivity index is 1.74. The predicted molar refractivity (Wildman–Crippen MR) is 162 cm³/mol. The third-order valence-electron chi connectivity index (χ3n) is 8.26. The molecule has 0 aromatic heterocycles. The third kappa shape index (κ3) is 5.79. The van der Waals surface area contributed by atoms with E-state index in [1.54, 1.807) is 33.7 Å². The van der Waals surface area contributed by atoms with Crippen LogP contribution in [-0.4, -0.2) is 79.4 Å². The number of carbonyl (C=O) groups excluding carboxylic acids is 3. The number of nitrogens with zero attached hydrogens (tertiary/aromatic N) is 2. The van der Waals surface area contributed by atoms with E-state index >= 15 is 0 Å². The van der Waals surface area contributed by atoms with E-state index in [-0.39, 0.29) is 47.0 Å². The SMILES string of the molecule is C=CCCCOC(=O)[C@H]1[C@H]2C(=O)N([C@@H](CO)CC(C)C)C(C(=O)N(CC=C)Cc3ccccc3)C23CC(Br)[C@@H]1S3. The first-order valence-electron chi connectivity index (χ1n) is 14.2. The summed E-state index contributed by atoms with van der Waals surface area (Å²) in [6, 6.07) is 8.42. The molecule has 1 spiro atoms. The Kier molecular flexibility index (Phi) is 10.2. The fourth-order valence-corrected chi connectivity index (χ4v) is 10.3. The quantitative estimate of drug-likeness (QED) is 0.140. The van der Waals surface area contributed by atoms with Gasteiger partial charge in [0.25, 0.3) is 0 Å². The van der Waals surface area contributed by atoms with E-state index in [0.717, 1.165) is 12.0 Å². The van der Waals surface area contributed by atoms with E-state index in [9.17, 15) is 19.5 Å². The summed E-state index contributed by atoms with van der Waals surface area (Å²) in [4.78, 5) is 45.8. The number of hydrogen-bond acceptors (Lipinski definition) is 6. The van der Waals surface area contributed by atoms with E-state index in [4.69, 9.17) is 4.74 Å². The molecule has 1 aromatic rings. The maximum atomic E-state index is 14.6. The number of halogens is 1. The average molecular weight is 634 g/mol. The van der Waals surface area contributed by atoms with Crippen molar-refractivity contribution >= 4 is 45.5 Å². The second kappa shape index (κ2) is 13.3. The largest absolute Gasteiger partial charge is 0.465 e. The molecule has 4 rings (SSSR count). The van der Waals surface area contributed by atoms with Gasteiger partial charge in [-0.1, -0.05) is 72.3 Å². The molecular weight excluding hydrogens is 592 g/mol. The van der Waals surface area contributed by atoms with Gasteiger partial charge in [0, 0.05) is 23.2 Å². The summed E-state index contributed by atoms with van der Waals surface area (Å²) >= 11 is 5.39. The first-order valence-corrected chi connectivity index (χ1v) is 16.0. The first kappa shape index (κ1) is 30.8. The highest BCUT2D eigenvalue weighted by Crippen LogP contribution is 2.68. The molecule has 0 radical (unpaired) electrons. The number of benzene rings is 1. The molecule has 1 N–H and O–H groups in total. The van der Waals surface area contributed by atoms with Gasteiger partial charge in [0.15, 0.2) is 0 Å². The van der Waals surface area contributed by atoms with Crippen molar-refractivity contribution in [3.05, 3.63) is 61.2 Å². The van der Waals surface area contributed by atoms with Crippen LogP contribution in [-0.2, 0) is 25.7 Å². The van der Waals surface area contributed by atoms with Gasteiger partial charge in [-0.2, -0.15) is 0 Å². The zero-order valence-electron chi connectivity index (χ0n) is 23.4. The molecule has 9 heteroatoms. The minimum absolute atomic E-state index is 0.0396. The molecule has 0 aliphatic carbocycles. The van der Waals surface area contributed by atoms with Crippen LogP contribution in [0, 0.1) is 17.8 Å². The molecule has 3 saturated heterocycles. The zero-order valence-corrected chi connectivity index (χ0v) is 25.8. The lowest BCUT2D eigenvalue weighted by molar-refractivity contribution is -0.154. The normalized spacial score (nSPS) is 29.4. The Hall–Kier alpha value is -2.10. The number of aliphatic hydroxyl groups excluding tert-OH is 1. The molecule has 3 aliphatic rings. The molecule has 2 amide bonds. The summed E-state index contributed by atoms with van der Waals surface area (Å²) < 4.78 is 4.89. The summed E-state index contributed by atoms with van der Waals surface area (Å²) in [6.07, 6.45) is 6.03. The van der Waals surface area contributed by atoms with Crippen molar-refractivity contribution in [3.63, 3.8) is 0 Å². The number of allylic oxidation sites excluding steroid dienone is 1. The van der Waals surface area contributed by atoms with Crippen molar-refractivity contribution in [3.8, 4) is 0 Å². The monoisotopic (exact) mass is 632 g/mol. The molecular formula is C31H41BrN2O5S. The van der Waals surface area contributed by atoms with E-state index in [0.29, 0.717) is 32.4 Å². The van der Waals surface area contributed by atoms with Crippen LogP contribution in [0.2, 0.25) is 0 Å². The number of carbonyl (C=O) groups is 3. The molecule has 3 fully saturated rings. The second-order valence-corrected chi connectivity index (χ2v) is 14.2. The molecule has 3 unspecified atom stereocenters. The highest BCUT2D eigenvalue weighted by atomic mass is 79.9. The van der Waals surface area contributed by atoms with Crippen molar-refractivity contribution < 1.29 is 24.2 Å². The van der Waals surface area contributed by atoms with Gasteiger partial charge in [0.2, 0.25) is 11.8 Å². The number of hydrogen-bond donors (Lipinski definition) is 1. The summed E-state index contributed by atoms with van der Waals surface area (Å²) in [5, 5.41) is 10.3. The van der Waals surface area contributed by atoms with E-state index < -0.39 is 28.7 Å². The third-order valence-corrected chi connectivity index (χ3v) is 11.5. The van der Waals surface area contributed by atoms with Crippen LogP contribution < -0.4 is 0 Å². The smallest absolute Gasteiger partial charge is 0.310 e. The van der Waals surface area contributed by atoms with Crippen molar-refractivity contribution in [2.75, 3.05) is 19.8 Å². The van der Waals surface area contributed by atoms with Gasteiger partial charge in [0.1, 0.15) is 6.04 Å². The Morgan fingerprint density at radius 3 is 2.62 bits per heavy atom. The van der Waals surface area contributed by atoms with Crippen LogP contribution in [0.5, 0.6) is 0 Å². The van der Waals surface area contributed by atoms with Crippen LogP contribution >= 0.6 is 27.7 Å². The fourth-order valence-electron chi connectivity index (χ4n) is 6.69. The second-order valence-electron chi connectivity index (χ2n) is 11.5. The number of likely N-dealkylation sites (tertiary alicyclic amines) is 1. The Morgan fingerprint density at radius 2 is 2.00 bits per heavy atom. The molecule has 1 aromatic carbocycles. The van der Waals surface area contributed by atoms with E-state index in [1.807, 2.05) is 44.2 Å². The summed E-state index contributed by atoms with van der Waals surface area (Å²) in [5.41, 5.74) is 0.978.